The molecule has 2 aromatic carbocycles. The number of nitrogens with zero attached hydrogens (tertiary/aromatic N) is 1. The van der Waals surface area contributed by atoms with Gasteiger partial charge in [-0.2, -0.15) is 0 Å². The van der Waals surface area contributed by atoms with Gasteiger partial charge in [-0.1, -0.05) is 32.4 Å². The molecule has 2 aliphatic rings. The summed E-state index contributed by atoms with van der Waals surface area (Å²) in [5.74, 6) is -0.127. The average Bonchev–Trinajstić information content (AvgIpc) is 3.59. The Bertz CT molecular complexity index is 1170. The van der Waals surface area contributed by atoms with Crippen molar-refractivity contribution in [2.45, 2.75) is 44.0 Å². The average molecular weight is 455 g/mol. The molecule has 8 nitrogen and oxygen atoms in total. The summed E-state index contributed by atoms with van der Waals surface area (Å²) >= 11 is 0. The summed E-state index contributed by atoms with van der Waals surface area (Å²) in [5, 5.41) is 5.72. The molecule has 0 saturated heterocycles. The lowest BCUT2D eigenvalue weighted by atomic mass is 9.98. The highest BCUT2D eigenvalue weighted by atomic mass is 32.2. The van der Waals surface area contributed by atoms with E-state index >= 15 is 0 Å². The smallest absolute Gasteiger partial charge is 0.263 e. The predicted octanol–water partition coefficient (Wildman–Crippen LogP) is 3.13. The minimum Gasteiger partial charge on any atom is -0.326 e. The largest absolute Gasteiger partial charge is 0.326 e. The van der Waals surface area contributed by atoms with Crippen LogP contribution in [0.1, 0.15) is 38.7 Å². The molecule has 0 aromatic heterocycles. The van der Waals surface area contributed by atoms with E-state index in [1.807, 2.05) is 13.8 Å². The topological polar surface area (TPSA) is 117 Å². The number of rotatable bonds is 7. The number of amidine groups is 1. The molecule has 168 valence electrons. The van der Waals surface area contributed by atoms with E-state index in [1.54, 1.807) is 42.5 Å². The summed E-state index contributed by atoms with van der Waals surface area (Å²) in [6, 6.07) is 12.7. The quantitative estimate of drug-likeness (QED) is 0.596. The standard InChI is InChI=1S/C23H26N4O4S/c1-3-14(2)20(26-21-18-6-4-5-7-19(18)32(30,31)27-21)23(29)25-17-12-10-16(11-13-17)24-22(28)15-8-9-15/h4-7,10-15,20H,3,8-9H2,1-2H3,(H,24,28)(H,25,29)(H,26,27)/t14-,20-/m0/s1. The molecule has 2 atom stereocenters. The number of sulfonamides is 1. The van der Waals surface area contributed by atoms with Gasteiger partial charge in [-0.05, 0) is 55.2 Å². The molecular formula is C23H26N4O4S. The molecule has 0 radical (unpaired) electrons. The second-order valence-corrected chi connectivity index (χ2v) is 9.89. The number of aliphatic imine (C=N–C) groups is 1. The van der Waals surface area contributed by atoms with Crippen molar-refractivity contribution >= 4 is 39.0 Å². The third-order valence-corrected chi connectivity index (χ3v) is 7.15. The third kappa shape index (κ3) is 4.67. The Hall–Kier alpha value is -3.20. The summed E-state index contributed by atoms with van der Waals surface area (Å²) in [6.45, 7) is 3.86. The van der Waals surface area contributed by atoms with Crippen LogP contribution in [0.15, 0.2) is 58.4 Å². The Morgan fingerprint density at radius 2 is 1.69 bits per heavy atom. The lowest BCUT2D eigenvalue weighted by Gasteiger charge is -2.19. The fraction of sp³-hybridized carbons (Fsp3) is 0.348. The molecule has 0 bridgehead atoms. The number of carbonyl (C=O) groups excluding carboxylic acids is 2. The lowest BCUT2D eigenvalue weighted by Crippen LogP contribution is -2.34. The molecule has 0 unspecified atom stereocenters. The Morgan fingerprint density at radius 3 is 2.31 bits per heavy atom. The van der Waals surface area contributed by atoms with Crippen LogP contribution in [0.3, 0.4) is 0 Å². The SMILES string of the molecule is CC[C@H](C)[C@H](N=C1NS(=O)(=O)c2ccccc21)C(=O)Nc1ccc(NC(=O)C2CC2)cc1. The van der Waals surface area contributed by atoms with Gasteiger partial charge in [-0.25, -0.2) is 8.42 Å². The van der Waals surface area contributed by atoms with Gasteiger partial charge in [-0.15, -0.1) is 0 Å². The van der Waals surface area contributed by atoms with Gasteiger partial charge in [-0.3, -0.25) is 19.3 Å². The first kappa shape index (κ1) is 22.0. The van der Waals surface area contributed by atoms with Gasteiger partial charge in [0, 0.05) is 22.9 Å². The van der Waals surface area contributed by atoms with Crippen LogP contribution in [-0.4, -0.2) is 32.1 Å². The van der Waals surface area contributed by atoms with Crippen LogP contribution in [-0.2, 0) is 19.6 Å². The van der Waals surface area contributed by atoms with Crippen molar-refractivity contribution in [3.63, 3.8) is 0 Å². The van der Waals surface area contributed by atoms with Crippen molar-refractivity contribution in [2.75, 3.05) is 10.6 Å². The Labute approximate surface area is 187 Å². The summed E-state index contributed by atoms with van der Waals surface area (Å²) < 4.78 is 27.2. The van der Waals surface area contributed by atoms with Gasteiger partial charge < -0.3 is 10.6 Å². The van der Waals surface area contributed by atoms with Crippen molar-refractivity contribution in [2.24, 2.45) is 16.8 Å². The number of hydrogen-bond donors (Lipinski definition) is 3. The third-order valence-electron chi connectivity index (χ3n) is 5.75. The number of anilines is 2. The van der Waals surface area contributed by atoms with E-state index < -0.39 is 16.1 Å². The van der Waals surface area contributed by atoms with E-state index in [9.17, 15) is 18.0 Å². The number of nitrogens with one attached hydrogen (secondary N) is 3. The highest BCUT2D eigenvalue weighted by Crippen LogP contribution is 2.30. The van der Waals surface area contributed by atoms with E-state index in [-0.39, 0.29) is 34.4 Å². The fourth-order valence-corrected chi connectivity index (χ4v) is 4.72. The lowest BCUT2D eigenvalue weighted by molar-refractivity contribution is -0.118. The van der Waals surface area contributed by atoms with Gasteiger partial charge in [0.25, 0.3) is 10.0 Å². The molecule has 0 spiro atoms. The van der Waals surface area contributed by atoms with Gasteiger partial charge in [0.15, 0.2) is 0 Å². The number of hydrogen-bond acceptors (Lipinski definition) is 5. The monoisotopic (exact) mass is 454 g/mol. The van der Waals surface area contributed by atoms with Crippen molar-refractivity contribution < 1.29 is 18.0 Å². The zero-order valence-corrected chi connectivity index (χ0v) is 18.8. The summed E-state index contributed by atoms with van der Waals surface area (Å²) in [7, 11) is -3.68. The maximum Gasteiger partial charge on any atom is 0.263 e. The number of fused-ring (bicyclic) bond motifs is 1. The van der Waals surface area contributed by atoms with E-state index in [2.05, 4.69) is 20.3 Å². The van der Waals surface area contributed by atoms with Gasteiger partial charge in [0.05, 0.1) is 4.90 Å². The number of carbonyl (C=O) groups is 2. The number of benzene rings is 2. The first-order chi connectivity index (χ1) is 15.3. The van der Waals surface area contributed by atoms with E-state index in [0.717, 1.165) is 12.8 Å². The second kappa shape index (κ2) is 8.74. The molecule has 1 fully saturated rings. The van der Waals surface area contributed by atoms with Crippen LogP contribution in [0.5, 0.6) is 0 Å². The maximum absolute atomic E-state index is 13.1. The van der Waals surface area contributed by atoms with Crippen molar-refractivity contribution in [1.29, 1.82) is 0 Å². The maximum atomic E-state index is 13.1. The Balaban J connectivity index is 1.52. The molecule has 4 rings (SSSR count). The summed E-state index contributed by atoms with van der Waals surface area (Å²) in [5.41, 5.74) is 1.71. The molecule has 1 aliphatic carbocycles. The number of amides is 2. The minimum atomic E-state index is -3.68. The fourth-order valence-electron chi connectivity index (χ4n) is 3.48. The van der Waals surface area contributed by atoms with Crippen LogP contribution >= 0.6 is 0 Å². The van der Waals surface area contributed by atoms with Crippen molar-refractivity contribution in [3.8, 4) is 0 Å². The van der Waals surface area contributed by atoms with Crippen molar-refractivity contribution in [3.05, 3.63) is 54.1 Å². The predicted molar refractivity (Wildman–Crippen MR) is 123 cm³/mol. The van der Waals surface area contributed by atoms with Gasteiger partial charge >= 0.3 is 0 Å². The van der Waals surface area contributed by atoms with Crippen LogP contribution in [0.25, 0.3) is 0 Å². The molecule has 1 aliphatic heterocycles. The zero-order valence-electron chi connectivity index (χ0n) is 18.0. The van der Waals surface area contributed by atoms with Gasteiger partial charge in [0.2, 0.25) is 11.8 Å². The van der Waals surface area contributed by atoms with E-state index in [1.165, 1.54) is 6.07 Å². The Kier molecular flexibility index (Phi) is 6.01. The molecule has 2 aromatic rings. The Morgan fingerprint density at radius 1 is 1.06 bits per heavy atom. The van der Waals surface area contributed by atoms with E-state index in [0.29, 0.717) is 23.4 Å². The minimum absolute atomic E-state index is 0.0220. The second-order valence-electron chi connectivity index (χ2n) is 8.24. The molecular weight excluding hydrogens is 428 g/mol. The molecule has 2 amide bonds. The van der Waals surface area contributed by atoms with Gasteiger partial charge in [0.1, 0.15) is 11.9 Å². The summed E-state index contributed by atoms with van der Waals surface area (Å²) in [6.07, 6.45) is 2.55. The summed E-state index contributed by atoms with van der Waals surface area (Å²) in [4.78, 5) is 29.6. The molecule has 1 saturated carbocycles. The van der Waals surface area contributed by atoms with E-state index in [4.69, 9.17) is 0 Å². The molecule has 9 heteroatoms. The molecule has 1 heterocycles. The van der Waals surface area contributed by atoms with Crippen LogP contribution in [0.4, 0.5) is 11.4 Å². The van der Waals surface area contributed by atoms with Crippen molar-refractivity contribution in [1.82, 2.24) is 4.72 Å². The zero-order chi connectivity index (χ0) is 22.9. The molecule has 32 heavy (non-hydrogen) atoms. The van der Waals surface area contributed by atoms with Crippen LogP contribution in [0, 0.1) is 11.8 Å². The highest BCUT2D eigenvalue weighted by molar-refractivity contribution is 7.90. The molecule has 3 N–H and O–H groups in total. The first-order valence-electron chi connectivity index (χ1n) is 10.7. The highest BCUT2D eigenvalue weighted by Gasteiger charge is 2.33. The first-order valence-corrected chi connectivity index (χ1v) is 12.2. The normalized spacial score (nSPS) is 19.5. The van der Waals surface area contributed by atoms with Crippen LogP contribution in [0.2, 0.25) is 0 Å². The van der Waals surface area contributed by atoms with Crippen LogP contribution < -0.4 is 15.4 Å².